The maximum Gasteiger partial charge on any atom is 0.254 e. The van der Waals surface area contributed by atoms with Gasteiger partial charge in [-0.05, 0) is 53.9 Å². The van der Waals surface area contributed by atoms with Gasteiger partial charge in [0.25, 0.3) is 5.91 Å². The molecular formula is C14H18BrNO2. The average Bonchev–Trinajstić information content (AvgIpc) is 2.56. The molecule has 1 amide bonds. The Bertz CT molecular complexity index is 447. The lowest BCUT2D eigenvalue weighted by Crippen LogP contribution is -2.38. The minimum absolute atomic E-state index is 0.0206. The van der Waals surface area contributed by atoms with Crippen LogP contribution in [0.4, 0.5) is 0 Å². The van der Waals surface area contributed by atoms with E-state index in [1.165, 1.54) is 18.9 Å². The van der Waals surface area contributed by atoms with E-state index in [9.17, 15) is 9.90 Å². The highest BCUT2D eigenvalue weighted by Gasteiger charge is 2.23. The molecule has 0 aromatic heterocycles. The first-order valence-corrected chi connectivity index (χ1v) is 7.18. The van der Waals surface area contributed by atoms with Gasteiger partial charge < -0.3 is 10.0 Å². The van der Waals surface area contributed by atoms with Gasteiger partial charge in [-0.1, -0.05) is 12.8 Å². The third-order valence-electron chi connectivity index (χ3n) is 3.51. The van der Waals surface area contributed by atoms with Crippen LogP contribution in [0.1, 0.15) is 43.0 Å². The molecule has 0 radical (unpaired) electrons. The van der Waals surface area contributed by atoms with Crippen molar-refractivity contribution in [2.24, 2.45) is 0 Å². The minimum atomic E-state index is 0.0206. The summed E-state index contributed by atoms with van der Waals surface area (Å²) in [5, 5.41) is 9.65. The highest BCUT2D eigenvalue weighted by Crippen LogP contribution is 2.26. The third-order valence-corrected chi connectivity index (χ3v) is 4.18. The lowest BCUT2D eigenvalue weighted by Gasteiger charge is -2.27. The van der Waals surface area contributed by atoms with Gasteiger partial charge in [-0.15, -0.1) is 0 Å². The van der Waals surface area contributed by atoms with Crippen LogP contribution in [-0.2, 0) is 0 Å². The molecule has 98 valence electrons. The molecule has 1 N–H and O–H groups in total. The molecule has 2 rings (SSSR count). The molecule has 0 bridgehead atoms. The SMILES string of the molecule is CC1CCCCCN1C(=O)c1ccc(Br)c(O)c1. The molecule has 1 aliphatic heterocycles. The standard InChI is InChI=1S/C14H18BrNO2/c1-10-5-3-2-4-8-16(10)14(18)11-6-7-12(15)13(17)9-11/h6-7,9-10,17H,2-5,8H2,1H3. The molecule has 1 unspecified atom stereocenters. The Hall–Kier alpha value is -1.03. The predicted octanol–water partition coefficient (Wildman–Crippen LogP) is 3.56. The van der Waals surface area contributed by atoms with Crippen molar-refractivity contribution in [1.82, 2.24) is 4.90 Å². The molecule has 3 nitrogen and oxygen atoms in total. The van der Waals surface area contributed by atoms with E-state index >= 15 is 0 Å². The molecule has 1 fully saturated rings. The maximum absolute atomic E-state index is 12.4. The molecule has 1 heterocycles. The fourth-order valence-corrected chi connectivity index (χ4v) is 2.63. The molecule has 1 aliphatic rings. The van der Waals surface area contributed by atoms with Crippen LogP contribution in [0.3, 0.4) is 0 Å². The van der Waals surface area contributed by atoms with Crippen LogP contribution in [0.2, 0.25) is 0 Å². The molecule has 4 heteroatoms. The number of rotatable bonds is 1. The summed E-state index contributed by atoms with van der Waals surface area (Å²) >= 11 is 3.22. The fraction of sp³-hybridized carbons (Fsp3) is 0.500. The summed E-state index contributed by atoms with van der Waals surface area (Å²) < 4.78 is 0.614. The number of nitrogens with zero attached hydrogens (tertiary/aromatic N) is 1. The number of amides is 1. The summed E-state index contributed by atoms with van der Waals surface area (Å²) in [5.74, 6) is 0.135. The maximum atomic E-state index is 12.4. The van der Waals surface area contributed by atoms with E-state index in [4.69, 9.17) is 0 Å². The number of phenols is 1. The first-order chi connectivity index (χ1) is 8.59. The fourth-order valence-electron chi connectivity index (χ4n) is 2.39. The second-order valence-electron chi connectivity index (χ2n) is 4.86. The van der Waals surface area contributed by atoms with Gasteiger partial charge in [0.05, 0.1) is 4.47 Å². The van der Waals surface area contributed by atoms with Gasteiger partial charge in [-0.3, -0.25) is 4.79 Å². The van der Waals surface area contributed by atoms with Crippen molar-refractivity contribution in [3.63, 3.8) is 0 Å². The van der Waals surface area contributed by atoms with E-state index in [1.807, 2.05) is 4.90 Å². The van der Waals surface area contributed by atoms with Crippen LogP contribution in [0.5, 0.6) is 5.75 Å². The number of carbonyl (C=O) groups excluding carboxylic acids is 1. The lowest BCUT2D eigenvalue weighted by molar-refractivity contribution is 0.0697. The van der Waals surface area contributed by atoms with E-state index in [0.29, 0.717) is 10.0 Å². The monoisotopic (exact) mass is 311 g/mol. The van der Waals surface area contributed by atoms with Crippen LogP contribution >= 0.6 is 15.9 Å². The van der Waals surface area contributed by atoms with Crippen molar-refractivity contribution in [3.05, 3.63) is 28.2 Å². The topological polar surface area (TPSA) is 40.5 Å². The summed E-state index contributed by atoms with van der Waals surface area (Å²) in [6, 6.07) is 5.28. The van der Waals surface area contributed by atoms with Crippen LogP contribution < -0.4 is 0 Å². The Labute approximate surface area is 116 Å². The number of aromatic hydroxyl groups is 1. The van der Waals surface area contributed by atoms with Crippen molar-refractivity contribution in [1.29, 1.82) is 0 Å². The Balaban J connectivity index is 2.21. The Kier molecular flexibility index (Phi) is 4.27. The number of carbonyl (C=O) groups is 1. The van der Waals surface area contributed by atoms with Gasteiger partial charge in [-0.2, -0.15) is 0 Å². The van der Waals surface area contributed by atoms with Crippen LogP contribution in [0.25, 0.3) is 0 Å². The number of hydrogen-bond acceptors (Lipinski definition) is 2. The average molecular weight is 312 g/mol. The molecule has 1 aromatic carbocycles. The summed E-state index contributed by atoms with van der Waals surface area (Å²) in [6.45, 7) is 2.92. The number of phenolic OH excluding ortho intramolecular Hbond substituents is 1. The minimum Gasteiger partial charge on any atom is -0.507 e. The van der Waals surface area contributed by atoms with Crippen molar-refractivity contribution in [2.45, 2.75) is 38.6 Å². The number of likely N-dealkylation sites (tertiary alicyclic amines) is 1. The van der Waals surface area contributed by atoms with Gasteiger partial charge in [0.15, 0.2) is 0 Å². The Morgan fingerprint density at radius 1 is 1.39 bits per heavy atom. The van der Waals surface area contributed by atoms with Crippen LogP contribution in [-0.4, -0.2) is 28.5 Å². The van der Waals surface area contributed by atoms with Gasteiger partial charge >= 0.3 is 0 Å². The number of hydrogen-bond donors (Lipinski definition) is 1. The summed E-state index contributed by atoms with van der Waals surface area (Å²) in [5.41, 5.74) is 0.560. The van der Waals surface area contributed by atoms with Crippen molar-refractivity contribution >= 4 is 21.8 Å². The first-order valence-electron chi connectivity index (χ1n) is 6.39. The second kappa shape index (κ2) is 5.74. The number of benzene rings is 1. The Morgan fingerprint density at radius 3 is 2.89 bits per heavy atom. The van der Waals surface area contributed by atoms with E-state index < -0.39 is 0 Å². The summed E-state index contributed by atoms with van der Waals surface area (Å²) in [4.78, 5) is 14.4. The molecule has 1 atom stereocenters. The van der Waals surface area contributed by atoms with Crippen molar-refractivity contribution in [2.75, 3.05) is 6.54 Å². The number of halogens is 1. The van der Waals surface area contributed by atoms with E-state index in [0.717, 1.165) is 19.4 Å². The van der Waals surface area contributed by atoms with Crippen LogP contribution in [0.15, 0.2) is 22.7 Å². The lowest BCUT2D eigenvalue weighted by atomic mass is 10.1. The molecular weight excluding hydrogens is 294 g/mol. The summed E-state index contributed by atoms with van der Waals surface area (Å²) in [7, 11) is 0. The van der Waals surface area contributed by atoms with Gasteiger partial charge in [0, 0.05) is 18.2 Å². The second-order valence-corrected chi connectivity index (χ2v) is 5.72. The Morgan fingerprint density at radius 2 is 2.17 bits per heavy atom. The first kappa shape index (κ1) is 13.4. The zero-order valence-corrected chi connectivity index (χ0v) is 12.1. The molecule has 1 saturated heterocycles. The molecule has 18 heavy (non-hydrogen) atoms. The third kappa shape index (κ3) is 2.86. The quantitative estimate of drug-likeness (QED) is 0.861. The van der Waals surface area contributed by atoms with E-state index in [2.05, 4.69) is 22.9 Å². The van der Waals surface area contributed by atoms with Crippen molar-refractivity contribution < 1.29 is 9.90 Å². The predicted molar refractivity (Wildman–Crippen MR) is 74.8 cm³/mol. The largest absolute Gasteiger partial charge is 0.507 e. The molecule has 0 aliphatic carbocycles. The molecule has 0 spiro atoms. The molecule has 1 aromatic rings. The van der Waals surface area contributed by atoms with Crippen LogP contribution in [0, 0.1) is 0 Å². The molecule has 0 saturated carbocycles. The van der Waals surface area contributed by atoms with Gasteiger partial charge in [0.1, 0.15) is 5.75 Å². The zero-order chi connectivity index (χ0) is 13.1. The highest BCUT2D eigenvalue weighted by atomic mass is 79.9. The van der Waals surface area contributed by atoms with E-state index in [-0.39, 0.29) is 17.7 Å². The smallest absolute Gasteiger partial charge is 0.254 e. The zero-order valence-electron chi connectivity index (χ0n) is 10.5. The van der Waals surface area contributed by atoms with Gasteiger partial charge in [0.2, 0.25) is 0 Å². The normalized spacial score (nSPS) is 20.6. The van der Waals surface area contributed by atoms with Gasteiger partial charge in [-0.25, -0.2) is 0 Å². The summed E-state index contributed by atoms with van der Waals surface area (Å²) in [6.07, 6.45) is 4.52. The van der Waals surface area contributed by atoms with Crippen molar-refractivity contribution in [3.8, 4) is 5.75 Å². The highest BCUT2D eigenvalue weighted by molar-refractivity contribution is 9.10. The van der Waals surface area contributed by atoms with E-state index in [1.54, 1.807) is 12.1 Å².